The van der Waals surface area contributed by atoms with E-state index in [0.29, 0.717) is 33.7 Å². The zero-order valence-electron chi connectivity index (χ0n) is 24.7. The van der Waals surface area contributed by atoms with E-state index in [0.717, 1.165) is 49.0 Å². The molecule has 230 valence electrons. The number of aromatic nitrogens is 3. The molecule has 2 aromatic heterocycles. The first-order valence-corrected chi connectivity index (χ1v) is 16.1. The SMILES string of the molecule is CCCCn1c(CNC(=O)c2ccc(C)c([N+](=O)[O-])c2)nnc1S[C@H](C)C(=O)Nc1sc2c(c1C(=O)OCC)CCCC2. The Bertz CT molecular complexity index is 1520. The van der Waals surface area contributed by atoms with Crippen LogP contribution in [0.3, 0.4) is 0 Å². The molecule has 43 heavy (non-hydrogen) atoms. The van der Waals surface area contributed by atoms with Crippen LogP contribution in [0.5, 0.6) is 0 Å². The summed E-state index contributed by atoms with van der Waals surface area (Å²) >= 11 is 2.69. The van der Waals surface area contributed by atoms with Crippen molar-refractivity contribution in [3.63, 3.8) is 0 Å². The van der Waals surface area contributed by atoms with Gasteiger partial charge in [0.25, 0.3) is 11.6 Å². The molecule has 0 spiro atoms. The number of amides is 2. The number of nitrogens with zero attached hydrogens (tertiary/aromatic N) is 4. The maximum atomic E-state index is 13.3. The highest BCUT2D eigenvalue weighted by atomic mass is 32.2. The molecule has 14 heteroatoms. The van der Waals surface area contributed by atoms with E-state index in [1.807, 2.05) is 4.57 Å². The third kappa shape index (κ3) is 7.60. The number of fused-ring (bicyclic) bond motifs is 1. The van der Waals surface area contributed by atoms with Gasteiger partial charge in [-0.1, -0.05) is 31.2 Å². The lowest BCUT2D eigenvalue weighted by Gasteiger charge is -2.14. The Labute approximate surface area is 258 Å². The van der Waals surface area contributed by atoms with E-state index in [1.165, 1.54) is 29.2 Å². The first-order chi connectivity index (χ1) is 20.6. The van der Waals surface area contributed by atoms with E-state index in [2.05, 4.69) is 27.8 Å². The molecule has 2 heterocycles. The number of nitro groups is 1. The molecule has 3 aromatic rings. The topological polar surface area (TPSA) is 158 Å². The lowest BCUT2D eigenvalue weighted by atomic mass is 9.95. The summed E-state index contributed by atoms with van der Waals surface area (Å²) in [6.07, 6.45) is 5.47. The van der Waals surface area contributed by atoms with Gasteiger partial charge < -0.3 is 19.9 Å². The number of unbranched alkanes of at least 4 members (excludes halogenated alkanes) is 1. The van der Waals surface area contributed by atoms with Gasteiger partial charge in [0.15, 0.2) is 11.0 Å². The summed E-state index contributed by atoms with van der Waals surface area (Å²) < 4.78 is 7.18. The molecule has 1 aliphatic carbocycles. The summed E-state index contributed by atoms with van der Waals surface area (Å²) in [6, 6.07) is 4.34. The molecule has 0 saturated carbocycles. The van der Waals surface area contributed by atoms with E-state index in [-0.39, 0.29) is 30.3 Å². The van der Waals surface area contributed by atoms with Gasteiger partial charge in [0.05, 0.1) is 28.9 Å². The van der Waals surface area contributed by atoms with Gasteiger partial charge in [-0.3, -0.25) is 19.7 Å². The lowest BCUT2D eigenvalue weighted by molar-refractivity contribution is -0.385. The Hall–Kier alpha value is -3.78. The molecule has 1 aromatic carbocycles. The number of carbonyl (C=O) groups is 3. The number of anilines is 1. The summed E-state index contributed by atoms with van der Waals surface area (Å²) in [5.41, 5.74) is 1.97. The van der Waals surface area contributed by atoms with Crippen molar-refractivity contribution in [1.29, 1.82) is 0 Å². The van der Waals surface area contributed by atoms with Gasteiger partial charge in [-0.15, -0.1) is 21.5 Å². The predicted molar refractivity (Wildman–Crippen MR) is 165 cm³/mol. The van der Waals surface area contributed by atoms with Crippen LogP contribution in [0.15, 0.2) is 23.4 Å². The van der Waals surface area contributed by atoms with Crippen molar-refractivity contribution >= 4 is 51.6 Å². The first-order valence-electron chi connectivity index (χ1n) is 14.4. The largest absolute Gasteiger partial charge is 0.462 e. The number of esters is 1. The third-order valence-electron chi connectivity index (χ3n) is 7.14. The molecule has 0 saturated heterocycles. The predicted octanol–water partition coefficient (Wildman–Crippen LogP) is 5.46. The number of nitrogens with one attached hydrogen (secondary N) is 2. The second kappa shape index (κ2) is 14.6. The highest BCUT2D eigenvalue weighted by Gasteiger charge is 2.29. The molecule has 12 nitrogen and oxygen atoms in total. The maximum Gasteiger partial charge on any atom is 0.341 e. The summed E-state index contributed by atoms with van der Waals surface area (Å²) in [5, 5.41) is 26.1. The Morgan fingerprint density at radius 1 is 1.21 bits per heavy atom. The van der Waals surface area contributed by atoms with Crippen LogP contribution < -0.4 is 10.6 Å². The summed E-state index contributed by atoms with van der Waals surface area (Å²) in [6.45, 7) is 8.10. The molecule has 0 unspecified atom stereocenters. The minimum atomic E-state index is -0.561. The Morgan fingerprint density at radius 3 is 2.70 bits per heavy atom. The summed E-state index contributed by atoms with van der Waals surface area (Å²) in [5.74, 6) is -0.640. The van der Waals surface area contributed by atoms with Crippen LogP contribution in [0.25, 0.3) is 0 Å². The minimum Gasteiger partial charge on any atom is -0.462 e. The van der Waals surface area contributed by atoms with Crippen LogP contribution in [0, 0.1) is 17.0 Å². The van der Waals surface area contributed by atoms with E-state index >= 15 is 0 Å². The number of rotatable bonds is 13. The van der Waals surface area contributed by atoms with Gasteiger partial charge in [-0.25, -0.2) is 4.79 Å². The molecule has 4 rings (SSSR count). The minimum absolute atomic E-state index is 0.0575. The fourth-order valence-electron chi connectivity index (χ4n) is 4.78. The van der Waals surface area contributed by atoms with Crippen molar-refractivity contribution in [2.45, 2.75) is 89.7 Å². The van der Waals surface area contributed by atoms with Gasteiger partial charge in [-0.05, 0) is 64.5 Å². The van der Waals surface area contributed by atoms with Crippen LogP contribution in [0.2, 0.25) is 0 Å². The van der Waals surface area contributed by atoms with Crippen LogP contribution in [0.1, 0.15) is 89.0 Å². The third-order valence-corrected chi connectivity index (χ3v) is 9.43. The number of hydrogen-bond donors (Lipinski definition) is 2. The van der Waals surface area contributed by atoms with E-state index < -0.39 is 22.0 Å². The van der Waals surface area contributed by atoms with E-state index in [1.54, 1.807) is 32.9 Å². The number of ether oxygens (including phenoxy) is 1. The molecule has 0 radical (unpaired) electrons. The molecule has 1 aliphatic rings. The fourth-order valence-corrected chi connectivity index (χ4v) is 6.96. The lowest BCUT2D eigenvalue weighted by Crippen LogP contribution is -2.25. The Morgan fingerprint density at radius 2 is 1.98 bits per heavy atom. The Balaban J connectivity index is 1.47. The molecular weight excluding hydrogens is 592 g/mol. The number of nitro benzene ring substituents is 1. The van der Waals surface area contributed by atoms with Crippen molar-refractivity contribution in [2.24, 2.45) is 0 Å². The molecule has 0 fully saturated rings. The van der Waals surface area contributed by atoms with Gasteiger partial charge in [0.2, 0.25) is 5.91 Å². The highest BCUT2D eigenvalue weighted by Crippen LogP contribution is 2.39. The number of aryl methyl sites for hydroxylation is 2. The fraction of sp³-hybridized carbons (Fsp3) is 0.483. The Kier molecular flexibility index (Phi) is 10.9. The second-order valence-electron chi connectivity index (χ2n) is 10.2. The average molecular weight is 629 g/mol. The second-order valence-corrected chi connectivity index (χ2v) is 12.6. The van der Waals surface area contributed by atoms with Crippen molar-refractivity contribution in [3.8, 4) is 0 Å². The normalized spacial score (nSPS) is 13.2. The average Bonchev–Trinajstić information content (AvgIpc) is 3.54. The first kappa shape index (κ1) is 32.1. The van der Waals surface area contributed by atoms with Gasteiger partial charge >= 0.3 is 5.97 Å². The van der Waals surface area contributed by atoms with Gasteiger partial charge in [-0.2, -0.15) is 0 Å². The standard InChI is InChI=1S/C29H36N6O6S2/c1-5-7-14-34-23(16-30-26(37)19-13-12-17(3)21(15-19)35(39)40)32-33-29(34)42-18(4)25(36)31-27-24(28(38)41-6-2)20-10-8-9-11-22(20)43-27/h12-13,15,18H,5-11,14,16H2,1-4H3,(H,30,37)(H,31,36)/t18-/m1/s1. The van der Waals surface area contributed by atoms with Crippen molar-refractivity contribution in [2.75, 3.05) is 11.9 Å². The molecule has 0 bridgehead atoms. The van der Waals surface area contributed by atoms with Crippen LogP contribution in [-0.2, 0) is 35.5 Å². The van der Waals surface area contributed by atoms with E-state index in [4.69, 9.17) is 4.74 Å². The molecule has 0 aliphatic heterocycles. The number of thioether (sulfide) groups is 1. The molecule has 2 amide bonds. The van der Waals surface area contributed by atoms with Crippen LogP contribution >= 0.6 is 23.1 Å². The van der Waals surface area contributed by atoms with Crippen molar-refractivity contribution < 1.29 is 24.0 Å². The van der Waals surface area contributed by atoms with E-state index in [9.17, 15) is 24.5 Å². The van der Waals surface area contributed by atoms with Gasteiger partial charge in [0.1, 0.15) is 5.00 Å². The highest BCUT2D eigenvalue weighted by molar-refractivity contribution is 8.00. The monoisotopic (exact) mass is 628 g/mol. The van der Waals surface area contributed by atoms with Crippen molar-refractivity contribution in [3.05, 3.63) is 61.3 Å². The number of hydrogen-bond acceptors (Lipinski definition) is 10. The number of benzene rings is 1. The maximum absolute atomic E-state index is 13.3. The smallest absolute Gasteiger partial charge is 0.341 e. The number of thiophene rings is 1. The van der Waals surface area contributed by atoms with Gasteiger partial charge in [0, 0.05) is 28.6 Å². The molecular formula is C29H36N6O6S2. The van der Waals surface area contributed by atoms with Crippen molar-refractivity contribution in [1.82, 2.24) is 20.1 Å². The van der Waals surface area contributed by atoms with Crippen LogP contribution in [0.4, 0.5) is 10.7 Å². The zero-order valence-corrected chi connectivity index (χ0v) is 26.4. The summed E-state index contributed by atoms with van der Waals surface area (Å²) in [7, 11) is 0. The molecule has 1 atom stereocenters. The quantitative estimate of drug-likeness (QED) is 0.108. The summed E-state index contributed by atoms with van der Waals surface area (Å²) in [4.78, 5) is 50.8. The number of carbonyl (C=O) groups excluding carboxylic acids is 3. The van der Waals surface area contributed by atoms with Crippen LogP contribution in [-0.4, -0.2) is 49.3 Å². The zero-order chi connectivity index (χ0) is 31.1. The molecule has 2 N–H and O–H groups in total.